The lowest BCUT2D eigenvalue weighted by atomic mass is 10.1. The van der Waals surface area contributed by atoms with Crippen molar-refractivity contribution >= 4 is 5.91 Å². The SMILES string of the molecule is CC1(C)CC1NC(=O)c1cc(F)ccc1C#CCCO. The number of amides is 1. The Morgan fingerprint density at radius 2 is 2.25 bits per heavy atom. The zero-order chi connectivity index (χ0) is 14.8. The molecule has 1 amide bonds. The van der Waals surface area contributed by atoms with E-state index in [4.69, 9.17) is 5.11 Å². The van der Waals surface area contributed by atoms with Gasteiger partial charge in [0.05, 0.1) is 12.2 Å². The normalized spacial score (nSPS) is 18.9. The lowest BCUT2D eigenvalue weighted by Gasteiger charge is -2.08. The van der Waals surface area contributed by atoms with Crippen molar-refractivity contribution in [3.8, 4) is 11.8 Å². The average molecular weight is 275 g/mol. The van der Waals surface area contributed by atoms with E-state index in [-0.39, 0.29) is 29.5 Å². The molecule has 1 aromatic rings. The summed E-state index contributed by atoms with van der Waals surface area (Å²) in [6, 6.07) is 4.11. The molecule has 0 heterocycles. The van der Waals surface area contributed by atoms with Crippen molar-refractivity contribution in [1.82, 2.24) is 5.32 Å². The van der Waals surface area contributed by atoms with Crippen LogP contribution in [0.1, 0.15) is 42.6 Å². The summed E-state index contributed by atoms with van der Waals surface area (Å²) in [6.07, 6.45) is 1.26. The van der Waals surface area contributed by atoms with Gasteiger partial charge >= 0.3 is 0 Å². The van der Waals surface area contributed by atoms with E-state index in [9.17, 15) is 9.18 Å². The summed E-state index contributed by atoms with van der Waals surface area (Å²) in [5, 5.41) is 11.6. The molecular formula is C16H18FNO2. The fourth-order valence-corrected chi connectivity index (χ4v) is 1.98. The first kappa shape index (κ1) is 14.5. The lowest BCUT2D eigenvalue weighted by Crippen LogP contribution is -2.29. The Morgan fingerprint density at radius 3 is 2.85 bits per heavy atom. The lowest BCUT2D eigenvalue weighted by molar-refractivity contribution is 0.0945. The Balaban J connectivity index is 2.19. The van der Waals surface area contributed by atoms with Gasteiger partial charge < -0.3 is 10.4 Å². The minimum Gasteiger partial charge on any atom is -0.395 e. The molecule has 1 saturated carbocycles. The summed E-state index contributed by atoms with van der Waals surface area (Å²) < 4.78 is 13.3. The Kier molecular flexibility index (Phi) is 4.10. The number of rotatable bonds is 3. The van der Waals surface area contributed by atoms with Crippen LogP contribution in [0.5, 0.6) is 0 Å². The number of aliphatic hydroxyl groups excluding tert-OH is 1. The first-order valence-electron chi connectivity index (χ1n) is 6.64. The smallest absolute Gasteiger partial charge is 0.252 e. The third kappa shape index (κ3) is 3.37. The zero-order valence-electron chi connectivity index (χ0n) is 11.7. The van der Waals surface area contributed by atoms with Crippen LogP contribution in [0, 0.1) is 23.1 Å². The number of aliphatic hydroxyl groups is 1. The van der Waals surface area contributed by atoms with Gasteiger partial charge in [-0.1, -0.05) is 25.7 Å². The van der Waals surface area contributed by atoms with Gasteiger partial charge in [0.15, 0.2) is 0 Å². The minimum absolute atomic E-state index is 0.0357. The van der Waals surface area contributed by atoms with Crippen molar-refractivity contribution in [3.05, 3.63) is 35.1 Å². The molecule has 0 aromatic heterocycles. The fourth-order valence-electron chi connectivity index (χ4n) is 1.98. The predicted octanol–water partition coefficient (Wildman–Crippen LogP) is 2.09. The number of hydrogen-bond acceptors (Lipinski definition) is 2. The van der Waals surface area contributed by atoms with Crippen LogP contribution < -0.4 is 5.32 Å². The van der Waals surface area contributed by atoms with E-state index >= 15 is 0 Å². The topological polar surface area (TPSA) is 49.3 Å². The third-order valence-corrected chi connectivity index (χ3v) is 3.50. The fraction of sp³-hybridized carbons (Fsp3) is 0.438. The molecule has 106 valence electrons. The van der Waals surface area contributed by atoms with Gasteiger partial charge in [0.25, 0.3) is 5.91 Å². The number of carbonyl (C=O) groups is 1. The highest BCUT2D eigenvalue weighted by Gasteiger charge is 2.46. The van der Waals surface area contributed by atoms with Gasteiger partial charge in [-0.05, 0) is 30.0 Å². The molecule has 2 rings (SSSR count). The van der Waals surface area contributed by atoms with E-state index < -0.39 is 5.82 Å². The van der Waals surface area contributed by atoms with Crippen molar-refractivity contribution in [2.45, 2.75) is 32.7 Å². The number of benzene rings is 1. The molecular weight excluding hydrogens is 257 g/mol. The Labute approximate surface area is 118 Å². The van der Waals surface area contributed by atoms with Crippen LogP contribution in [0.2, 0.25) is 0 Å². The standard InChI is InChI=1S/C16H18FNO2/c1-16(2)10-14(16)18-15(20)13-9-12(17)7-6-11(13)5-3-4-8-19/h6-7,9,14,19H,4,8,10H2,1-2H3,(H,18,20). The molecule has 1 atom stereocenters. The van der Waals surface area contributed by atoms with E-state index in [0.717, 1.165) is 6.42 Å². The maximum atomic E-state index is 13.3. The Hall–Kier alpha value is -1.86. The van der Waals surface area contributed by atoms with E-state index in [1.54, 1.807) is 0 Å². The molecule has 20 heavy (non-hydrogen) atoms. The van der Waals surface area contributed by atoms with Crippen LogP contribution in [-0.2, 0) is 0 Å². The molecule has 3 nitrogen and oxygen atoms in total. The van der Waals surface area contributed by atoms with Crippen LogP contribution in [0.15, 0.2) is 18.2 Å². The highest BCUT2D eigenvalue weighted by molar-refractivity contribution is 5.97. The Bertz CT molecular complexity index is 584. The van der Waals surface area contributed by atoms with E-state index in [1.165, 1.54) is 18.2 Å². The van der Waals surface area contributed by atoms with Crippen molar-refractivity contribution in [2.24, 2.45) is 5.41 Å². The second-order valence-electron chi connectivity index (χ2n) is 5.68. The third-order valence-electron chi connectivity index (χ3n) is 3.50. The van der Waals surface area contributed by atoms with E-state index in [0.29, 0.717) is 12.0 Å². The number of hydrogen-bond donors (Lipinski definition) is 2. The van der Waals surface area contributed by atoms with Crippen LogP contribution in [-0.4, -0.2) is 23.7 Å². The van der Waals surface area contributed by atoms with Gasteiger partial charge in [0.2, 0.25) is 0 Å². The zero-order valence-corrected chi connectivity index (χ0v) is 11.7. The first-order chi connectivity index (χ1) is 9.44. The van der Waals surface area contributed by atoms with Crippen LogP contribution in [0.3, 0.4) is 0 Å². The minimum atomic E-state index is -0.460. The van der Waals surface area contributed by atoms with Gasteiger partial charge in [0.1, 0.15) is 5.82 Å². The molecule has 0 bridgehead atoms. The monoisotopic (exact) mass is 275 g/mol. The van der Waals surface area contributed by atoms with Crippen LogP contribution >= 0.6 is 0 Å². The van der Waals surface area contributed by atoms with E-state index in [2.05, 4.69) is 31.0 Å². The summed E-state index contributed by atoms with van der Waals surface area (Å²) in [6.45, 7) is 4.11. The Morgan fingerprint density at radius 1 is 1.55 bits per heavy atom. The van der Waals surface area contributed by atoms with Gasteiger partial charge in [-0.3, -0.25) is 4.79 Å². The summed E-state index contributed by atoms with van der Waals surface area (Å²) in [4.78, 5) is 12.2. The van der Waals surface area contributed by atoms with Crippen molar-refractivity contribution in [2.75, 3.05) is 6.61 Å². The first-order valence-corrected chi connectivity index (χ1v) is 6.64. The van der Waals surface area contributed by atoms with Gasteiger partial charge in [-0.25, -0.2) is 4.39 Å². The van der Waals surface area contributed by atoms with E-state index in [1.807, 2.05) is 0 Å². The number of carbonyl (C=O) groups excluding carboxylic acids is 1. The number of halogens is 1. The molecule has 4 heteroatoms. The highest BCUT2D eigenvalue weighted by Crippen LogP contribution is 2.44. The second-order valence-corrected chi connectivity index (χ2v) is 5.68. The molecule has 0 radical (unpaired) electrons. The summed E-state index contributed by atoms with van der Waals surface area (Å²) >= 11 is 0. The van der Waals surface area contributed by atoms with Gasteiger partial charge in [-0.15, -0.1) is 0 Å². The maximum Gasteiger partial charge on any atom is 0.252 e. The van der Waals surface area contributed by atoms with Crippen molar-refractivity contribution in [1.29, 1.82) is 0 Å². The molecule has 0 aliphatic heterocycles. The molecule has 0 spiro atoms. The molecule has 2 N–H and O–H groups in total. The quantitative estimate of drug-likeness (QED) is 0.830. The van der Waals surface area contributed by atoms with Crippen molar-refractivity contribution in [3.63, 3.8) is 0 Å². The average Bonchev–Trinajstić information content (AvgIpc) is 2.98. The molecule has 0 saturated heterocycles. The summed E-state index contributed by atoms with van der Waals surface area (Å²) in [5.41, 5.74) is 0.847. The molecule has 1 fully saturated rings. The maximum absolute atomic E-state index is 13.3. The predicted molar refractivity (Wildman–Crippen MR) is 74.6 cm³/mol. The van der Waals surface area contributed by atoms with Crippen LogP contribution in [0.25, 0.3) is 0 Å². The summed E-state index contributed by atoms with van der Waals surface area (Å²) in [5.74, 6) is 4.79. The molecule has 1 aromatic carbocycles. The molecule has 1 unspecified atom stereocenters. The second kappa shape index (κ2) is 5.64. The molecule has 1 aliphatic rings. The van der Waals surface area contributed by atoms with Crippen LogP contribution in [0.4, 0.5) is 4.39 Å². The van der Waals surface area contributed by atoms with Gasteiger partial charge in [-0.2, -0.15) is 0 Å². The summed E-state index contributed by atoms with van der Waals surface area (Å²) in [7, 11) is 0. The number of nitrogens with one attached hydrogen (secondary N) is 1. The van der Waals surface area contributed by atoms with Gasteiger partial charge in [0, 0.05) is 18.0 Å². The molecule has 1 aliphatic carbocycles. The largest absolute Gasteiger partial charge is 0.395 e. The van der Waals surface area contributed by atoms with Crippen molar-refractivity contribution < 1.29 is 14.3 Å². The highest BCUT2D eigenvalue weighted by atomic mass is 19.1.